The first kappa shape index (κ1) is 10.5. The summed E-state index contributed by atoms with van der Waals surface area (Å²) in [6.07, 6.45) is 3.68. The van der Waals surface area contributed by atoms with Crippen molar-refractivity contribution in [2.24, 2.45) is 0 Å². The van der Waals surface area contributed by atoms with Crippen LogP contribution >= 0.6 is 0 Å². The number of hydrogen-bond acceptors (Lipinski definition) is 2. The van der Waals surface area contributed by atoms with Crippen molar-refractivity contribution in [3.63, 3.8) is 0 Å². The minimum Gasteiger partial charge on any atom is -0.496 e. The lowest BCUT2D eigenvalue weighted by Gasteiger charge is -2.12. The van der Waals surface area contributed by atoms with Gasteiger partial charge in [0, 0.05) is 0 Å². The quantitative estimate of drug-likeness (QED) is 0.820. The highest BCUT2D eigenvalue weighted by atomic mass is 16.5. The van der Waals surface area contributed by atoms with E-state index in [4.69, 9.17) is 4.74 Å². The standard InChI is InChI=1S/C13H18O2/c1-10-4-3-5-11(12(10)15-2)6-7-13(14)8-9-13/h3-5,14H,6-9H2,1-2H3. The Morgan fingerprint density at radius 1 is 1.40 bits per heavy atom. The van der Waals surface area contributed by atoms with Gasteiger partial charge in [-0.2, -0.15) is 0 Å². The van der Waals surface area contributed by atoms with Crippen LogP contribution in [-0.4, -0.2) is 17.8 Å². The lowest BCUT2D eigenvalue weighted by Crippen LogP contribution is -2.08. The molecule has 2 nitrogen and oxygen atoms in total. The molecule has 0 aliphatic heterocycles. The molecule has 1 aliphatic carbocycles. The number of aryl methyl sites for hydroxylation is 2. The van der Waals surface area contributed by atoms with Gasteiger partial charge in [0.25, 0.3) is 0 Å². The van der Waals surface area contributed by atoms with Gasteiger partial charge in [-0.1, -0.05) is 18.2 Å². The summed E-state index contributed by atoms with van der Waals surface area (Å²) in [5.74, 6) is 0.974. The molecule has 2 heteroatoms. The molecule has 0 atom stereocenters. The van der Waals surface area contributed by atoms with E-state index in [0.717, 1.165) is 37.0 Å². The molecule has 15 heavy (non-hydrogen) atoms. The Labute approximate surface area is 90.9 Å². The van der Waals surface area contributed by atoms with Gasteiger partial charge in [0.05, 0.1) is 12.7 Å². The molecule has 1 fully saturated rings. The molecule has 2 rings (SSSR count). The van der Waals surface area contributed by atoms with Gasteiger partial charge in [0.2, 0.25) is 0 Å². The molecule has 1 saturated carbocycles. The van der Waals surface area contributed by atoms with Crippen molar-refractivity contribution in [2.45, 2.75) is 38.2 Å². The topological polar surface area (TPSA) is 29.5 Å². The Bertz CT molecular complexity index is 354. The smallest absolute Gasteiger partial charge is 0.124 e. The average molecular weight is 206 g/mol. The normalized spacial score (nSPS) is 17.5. The van der Waals surface area contributed by atoms with Crippen LogP contribution in [0, 0.1) is 6.92 Å². The van der Waals surface area contributed by atoms with Crippen molar-refractivity contribution in [2.75, 3.05) is 7.11 Å². The van der Waals surface area contributed by atoms with E-state index in [2.05, 4.69) is 6.07 Å². The first-order valence-corrected chi connectivity index (χ1v) is 5.49. The third-order valence-corrected chi connectivity index (χ3v) is 3.18. The van der Waals surface area contributed by atoms with E-state index in [0.29, 0.717) is 0 Å². The van der Waals surface area contributed by atoms with Crippen LogP contribution in [0.5, 0.6) is 5.75 Å². The second-order valence-corrected chi connectivity index (χ2v) is 4.49. The van der Waals surface area contributed by atoms with Gasteiger partial charge >= 0.3 is 0 Å². The fraction of sp³-hybridized carbons (Fsp3) is 0.538. The van der Waals surface area contributed by atoms with Crippen LogP contribution in [0.4, 0.5) is 0 Å². The van der Waals surface area contributed by atoms with Crippen LogP contribution in [0.3, 0.4) is 0 Å². The first-order valence-electron chi connectivity index (χ1n) is 5.49. The Morgan fingerprint density at radius 2 is 2.13 bits per heavy atom. The van der Waals surface area contributed by atoms with E-state index in [1.54, 1.807) is 7.11 Å². The summed E-state index contributed by atoms with van der Waals surface area (Å²) < 4.78 is 5.38. The minimum absolute atomic E-state index is 0.366. The van der Waals surface area contributed by atoms with Gasteiger partial charge in [-0.05, 0) is 43.7 Å². The molecular formula is C13H18O2. The van der Waals surface area contributed by atoms with Crippen LogP contribution in [0.1, 0.15) is 30.4 Å². The van der Waals surface area contributed by atoms with Crippen LogP contribution < -0.4 is 4.74 Å². The highest BCUT2D eigenvalue weighted by molar-refractivity contribution is 5.40. The molecule has 1 N–H and O–H groups in total. The van der Waals surface area contributed by atoms with Gasteiger partial charge in [-0.25, -0.2) is 0 Å². The number of benzene rings is 1. The molecule has 1 aromatic rings. The number of rotatable bonds is 4. The number of ether oxygens (including phenoxy) is 1. The van der Waals surface area contributed by atoms with Gasteiger partial charge in [-0.15, -0.1) is 0 Å². The summed E-state index contributed by atoms with van der Waals surface area (Å²) in [6, 6.07) is 6.18. The number of methoxy groups -OCH3 is 1. The van der Waals surface area contributed by atoms with Crippen LogP contribution in [0.2, 0.25) is 0 Å². The largest absolute Gasteiger partial charge is 0.496 e. The maximum absolute atomic E-state index is 9.78. The predicted molar refractivity (Wildman–Crippen MR) is 60.2 cm³/mol. The summed E-state index contributed by atoms with van der Waals surface area (Å²) in [5.41, 5.74) is 2.00. The zero-order valence-corrected chi connectivity index (χ0v) is 9.42. The summed E-state index contributed by atoms with van der Waals surface area (Å²) in [4.78, 5) is 0. The van der Waals surface area contributed by atoms with Crippen molar-refractivity contribution >= 4 is 0 Å². The Morgan fingerprint density at radius 3 is 2.73 bits per heavy atom. The molecule has 0 aromatic heterocycles. The molecule has 0 amide bonds. The number of hydrogen-bond donors (Lipinski definition) is 1. The summed E-state index contributed by atoms with van der Waals surface area (Å²) in [7, 11) is 1.71. The maximum Gasteiger partial charge on any atom is 0.124 e. The molecule has 0 bridgehead atoms. The summed E-state index contributed by atoms with van der Waals surface area (Å²) in [6.45, 7) is 2.05. The Balaban J connectivity index is 2.09. The average Bonchev–Trinajstić information content (AvgIpc) is 2.94. The molecular weight excluding hydrogens is 188 g/mol. The van der Waals surface area contributed by atoms with E-state index < -0.39 is 0 Å². The highest BCUT2D eigenvalue weighted by Gasteiger charge is 2.39. The lowest BCUT2D eigenvalue weighted by atomic mass is 10.0. The molecule has 0 saturated heterocycles. The van der Waals surface area contributed by atoms with Crippen molar-refractivity contribution < 1.29 is 9.84 Å². The van der Waals surface area contributed by atoms with Crippen molar-refractivity contribution in [3.05, 3.63) is 29.3 Å². The zero-order chi connectivity index (χ0) is 10.9. The van der Waals surface area contributed by atoms with E-state index >= 15 is 0 Å². The van der Waals surface area contributed by atoms with Gasteiger partial charge < -0.3 is 9.84 Å². The molecule has 0 spiro atoms. The summed E-state index contributed by atoms with van der Waals surface area (Å²) in [5, 5.41) is 9.78. The van der Waals surface area contributed by atoms with Crippen molar-refractivity contribution in [1.82, 2.24) is 0 Å². The fourth-order valence-corrected chi connectivity index (χ4v) is 1.96. The Hall–Kier alpha value is -1.02. The van der Waals surface area contributed by atoms with Crippen LogP contribution in [0.25, 0.3) is 0 Å². The second kappa shape index (κ2) is 3.86. The molecule has 0 heterocycles. The second-order valence-electron chi connectivity index (χ2n) is 4.49. The highest BCUT2D eigenvalue weighted by Crippen LogP contribution is 2.40. The molecule has 1 aliphatic rings. The van der Waals surface area contributed by atoms with Crippen LogP contribution in [0.15, 0.2) is 18.2 Å². The van der Waals surface area contributed by atoms with Gasteiger partial charge in [-0.3, -0.25) is 0 Å². The van der Waals surface area contributed by atoms with Crippen LogP contribution in [-0.2, 0) is 6.42 Å². The van der Waals surface area contributed by atoms with Gasteiger partial charge in [0.1, 0.15) is 5.75 Å². The third kappa shape index (κ3) is 2.32. The van der Waals surface area contributed by atoms with Crippen molar-refractivity contribution in [1.29, 1.82) is 0 Å². The summed E-state index contributed by atoms with van der Waals surface area (Å²) >= 11 is 0. The number of para-hydroxylation sites is 1. The van der Waals surface area contributed by atoms with E-state index in [1.807, 2.05) is 19.1 Å². The minimum atomic E-state index is -0.366. The third-order valence-electron chi connectivity index (χ3n) is 3.18. The molecule has 1 aromatic carbocycles. The van der Waals surface area contributed by atoms with E-state index in [1.165, 1.54) is 5.56 Å². The molecule has 0 radical (unpaired) electrons. The molecule has 0 unspecified atom stereocenters. The lowest BCUT2D eigenvalue weighted by molar-refractivity contribution is 0.140. The van der Waals surface area contributed by atoms with Crippen molar-refractivity contribution in [3.8, 4) is 5.75 Å². The molecule has 82 valence electrons. The zero-order valence-electron chi connectivity index (χ0n) is 9.42. The monoisotopic (exact) mass is 206 g/mol. The van der Waals surface area contributed by atoms with E-state index in [-0.39, 0.29) is 5.60 Å². The predicted octanol–water partition coefficient (Wildman–Crippen LogP) is 2.46. The van der Waals surface area contributed by atoms with E-state index in [9.17, 15) is 5.11 Å². The Kier molecular flexibility index (Phi) is 2.70. The SMILES string of the molecule is COc1c(C)cccc1CCC1(O)CC1. The maximum atomic E-state index is 9.78. The van der Waals surface area contributed by atoms with Gasteiger partial charge in [0.15, 0.2) is 0 Å². The number of aliphatic hydroxyl groups is 1. The first-order chi connectivity index (χ1) is 7.14. The fourth-order valence-electron chi connectivity index (χ4n) is 1.96.